The first kappa shape index (κ1) is 23.3. The van der Waals surface area contributed by atoms with E-state index in [9.17, 15) is 9.90 Å². The molecule has 4 rings (SSSR count). The number of hydrogen-bond donors (Lipinski definition) is 1. The number of hydrogen-bond acceptors (Lipinski definition) is 5. The van der Waals surface area contributed by atoms with E-state index < -0.39 is 0 Å². The summed E-state index contributed by atoms with van der Waals surface area (Å²) in [6, 6.07) is 19.4. The van der Waals surface area contributed by atoms with Gasteiger partial charge in [0.2, 0.25) is 0 Å². The predicted molar refractivity (Wildman–Crippen MR) is 137 cm³/mol. The number of carbonyl (C=O) groups is 1. The number of aliphatic hydroxyl groups excluding tert-OH is 1. The molecule has 0 bridgehead atoms. The number of ketones is 1. The minimum atomic E-state index is -0.239. The van der Waals surface area contributed by atoms with E-state index in [2.05, 4.69) is 13.8 Å². The zero-order valence-corrected chi connectivity index (χ0v) is 20.0. The molecule has 3 aromatic carbocycles. The number of carbonyl (C=O) groups excluding carboxylic acids is 1. The summed E-state index contributed by atoms with van der Waals surface area (Å²) in [6.07, 6.45) is 4.23. The SMILES string of the molecule is COc1ccc(C=C/C(O)=C2\C(=O)CC(C)(C)CC2=Nc2cccc3ccccc23)cc1OC. The van der Waals surface area contributed by atoms with Crippen molar-refractivity contribution in [2.24, 2.45) is 10.4 Å². The van der Waals surface area contributed by atoms with Crippen LogP contribution in [0.5, 0.6) is 11.5 Å². The molecule has 0 aliphatic heterocycles. The third-order valence-electron chi connectivity index (χ3n) is 5.97. The Balaban J connectivity index is 1.78. The lowest BCUT2D eigenvalue weighted by molar-refractivity contribution is -0.117. The molecule has 0 radical (unpaired) electrons. The molecule has 0 atom stereocenters. The summed E-state index contributed by atoms with van der Waals surface area (Å²) in [6.45, 7) is 4.10. The van der Waals surface area contributed by atoms with Crippen LogP contribution >= 0.6 is 0 Å². The molecule has 1 aliphatic rings. The third kappa shape index (κ3) is 4.88. The van der Waals surface area contributed by atoms with Crippen molar-refractivity contribution in [2.75, 3.05) is 14.2 Å². The van der Waals surface area contributed by atoms with E-state index >= 15 is 0 Å². The molecule has 0 spiro atoms. The van der Waals surface area contributed by atoms with Gasteiger partial charge in [0.15, 0.2) is 17.3 Å². The van der Waals surface area contributed by atoms with Crippen molar-refractivity contribution in [1.29, 1.82) is 0 Å². The van der Waals surface area contributed by atoms with Crippen LogP contribution in [0.25, 0.3) is 16.8 Å². The van der Waals surface area contributed by atoms with E-state index in [1.54, 1.807) is 32.4 Å². The summed E-state index contributed by atoms with van der Waals surface area (Å²) in [5.41, 5.74) is 2.24. The fraction of sp³-hybridized carbons (Fsp3) is 0.241. The van der Waals surface area contributed by atoms with Gasteiger partial charge in [0, 0.05) is 11.8 Å². The number of allylic oxidation sites excluding steroid dienone is 2. The summed E-state index contributed by atoms with van der Waals surface area (Å²) in [5, 5.41) is 13.1. The Labute approximate surface area is 200 Å². The first-order valence-electron chi connectivity index (χ1n) is 11.2. The molecule has 34 heavy (non-hydrogen) atoms. The van der Waals surface area contributed by atoms with Crippen LogP contribution in [0.2, 0.25) is 0 Å². The van der Waals surface area contributed by atoms with Crippen LogP contribution in [0, 0.1) is 5.41 Å². The molecule has 5 nitrogen and oxygen atoms in total. The number of aliphatic imine (C=N–C) groups is 1. The van der Waals surface area contributed by atoms with Gasteiger partial charge >= 0.3 is 0 Å². The smallest absolute Gasteiger partial charge is 0.168 e. The lowest BCUT2D eigenvalue weighted by Crippen LogP contribution is -2.32. The van der Waals surface area contributed by atoms with Gasteiger partial charge in [0.25, 0.3) is 0 Å². The van der Waals surface area contributed by atoms with E-state index in [4.69, 9.17) is 14.5 Å². The monoisotopic (exact) mass is 455 g/mol. The first-order chi connectivity index (χ1) is 16.3. The summed E-state index contributed by atoms with van der Waals surface area (Å²) >= 11 is 0. The summed E-state index contributed by atoms with van der Waals surface area (Å²) < 4.78 is 10.6. The molecule has 0 aromatic heterocycles. The van der Waals surface area contributed by atoms with Crippen molar-refractivity contribution in [2.45, 2.75) is 26.7 Å². The zero-order chi connectivity index (χ0) is 24.3. The first-order valence-corrected chi connectivity index (χ1v) is 11.2. The molecule has 0 saturated heterocycles. The lowest BCUT2D eigenvalue weighted by Gasteiger charge is -2.31. The number of aliphatic hydroxyl groups is 1. The molecule has 0 unspecified atom stereocenters. The van der Waals surface area contributed by atoms with Crippen molar-refractivity contribution in [3.63, 3.8) is 0 Å². The van der Waals surface area contributed by atoms with Crippen molar-refractivity contribution in [3.05, 3.63) is 83.6 Å². The van der Waals surface area contributed by atoms with Crippen LogP contribution in [-0.4, -0.2) is 30.8 Å². The summed E-state index contributed by atoms with van der Waals surface area (Å²) in [5.74, 6) is 1.01. The van der Waals surface area contributed by atoms with Gasteiger partial charge in [0.1, 0.15) is 5.76 Å². The molecular formula is C29H29NO4. The van der Waals surface area contributed by atoms with Gasteiger partial charge in [0.05, 0.1) is 31.2 Å². The Morgan fingerprint density at radius 3 is 2.47 bits per heavy atom. The second-order valence-electron chi connectivity index (χ2n) is 9.21. The fourth-order valence-electron chi connectivity index (χ4n) is 4.34. The Morgan fingerprint density at radius 1 is 0.971 bits per heavy atom. The van der Waals surface area contributed by atoms with Crippen LogP contribution in [0.15, 0.2) is 83.1 Å². The number of fused-ring (bicyclic) bond motifs is 1. The van der Waals surface area contributed by atoms with E-state index in [1.807, 2.05) is 54.6 Å². The molecular weight excluding hydrogens is 426 g/mol. The summed E-state index contributed by atoms with van der Waals surface area (Å²) in [7, 11) is 3.15. The largest absolute Gasteiger partial charge is 0.507 e. The highest BCUT2D eigenvalue weighted by Gasteiger charge is 2.36. The molecule has 0 heterocycles. The standard InChI is InChI=1S/C29H29NO4/c1-29(2)17-23(30-22-11-7-9-20-8-5-6-10-21(20)22)28(25(32)18-29)24(31)14-12-19-13-15-26(33-3)27(16-19)34-4/h5-16,31H,17-18H2,1-4H3/b14-12?,28-24+,30-23?. The number of rotatable bonds is 5. The van der Waals surface area contributed by atoms with Crippen molar-refractivity contribution >= 4 is 34.0 Å². The molecule has 0 amide bonds. The lowest BCUT2D eigenvalue weighted by atomic mass is 9.73. The number of benzene rings is 3. The normalized spacial score (nSPS) is 18.5. The second kappa shape index (κ2) is 9.56. The van der Waals surface area contributed by atoms with Crippen LogP contribution < -0.4 is 9.47 Å². The molecule has 3 aromatic rings. The van der Waals surface area contributed by atoms with Crippen molar-refractivity contribution < 1.29 is 19.4 Å². The van der Waals surface area contributed by atoms with Gasteiger partial charge in [-0.3, -0.25) is 9.79 Å². The quantitative estimate of drug-likeness (QED) is 0.338. The van der Waals surface area contributed by atoms with Gasteiger partial charge in [-0.05, 0) is 47.1 Å². The van der Waals surface area contributed by atoms with E-state index in [0.29, 0.717) is 30.1 Å². The zero-order valence-electron chi connectivity index (χ0n) is 20.0. The number of ether oxygens (including phenoxy) is 2. The molecule has 5 heteroatoms. The average Bonchev–Trinajstić information content (AvgIpc) is 2.81. The minimum Gasteiger partial charge on any atom is -0.507 e. The number of nitrogens with zero attached hydrogens (tertiary/aromatic N) is 1. The van der Waals surface area contributed by atoms with Gasteiger partial charge in [-0.2, -0.15) is 0 Å². The fourth-order valence-corrected chi connectivity index (χ4v) is 4.34. The molecule has 174 valence electrons. The molecule has 1 fully saturated rings. The third-order valence-corrected chi connectivity index (χ3v) is 5.97. The van der Waals surface area contributed by atoms with E-state index in [0.717, 1.165) is 22.0 Å². The maximum Gasteiger partial charge on any atom is 0.168 e. The van der Waals surface area contributed by atoms with Crippen molar-refractivity contribution in [1.82, 2.24) is 0 Å². The van der Waals surface area contributed by atoms with Crippen molar-refractivity contribution in [3.8, 4) is 11.5 Å². The topological polar surface area (TPSA) is 68.1 Å². The van der Waals surface area contributed by atoms with Gasteiger partial charge in [-0.25, -0.2) is 0 Å². The Hall–Kier alpha value is -3.86. The highest BCUT2D eigenvalue weighted by Crippen LogP contribution is 2.37. The van der Waals surface area contributed by atoms with E-state index in [1.165, 1.54) is 0 Å². The molecule has 1 aliphatic carbocycles. The summed E-state index contributed by atoms with van der Waals surface area (Å²) in [4.78, 5) is 18.0. The maximum absolute atomic E-state index is 13.1. The van der Waals surface area contributed by atoms with Gasteiger partial charge in [-0.1, -0.05) is 62.4 Å². The Bertz CT molecular complexity index is 1330. The number of methoxy groups -OCH3 is 2. The van der Waals surface area contributed by atoms with Crippen LogP contribution in [0.4, 0.5) is 5.69 Å². The highest BCUT2D eigenvalue weighted by molar-refractivity contribution is 6.25. The van der Waals surface area contributed by atoms with E-state index in [-0.39, 0.29) is 22.5 Å². The average molecular weight is 456 g/mol. The highest BCUT2D eigenvalue weighted by atomic mass is 16.5. The Kier molecular flexibility index (Phi) is 6.55. The van der Waals surface area contributed by atoms with Crippen LogP contribution in [-0.2, 0) is 4.79 Å². The van der Waals surface area contributed by atoms with Gasteiger partial charge in [-0.15, -0.1) is 0 Å². The maximum atomic E-state index is 13.1. The minimum absolute atomic E-state index is 0.0886. The Morgan fingerprint density at radius 2 is 1.71 bits per heavy atom. The predicted octanol–water partition coefficient (Wildman–Crippen LogP) is 6.84. The molecule has 1 saturated carbocycles. The second-order valence-corrected chi connectivity index (χ2v) is 9.21. The van der Waals surface area contributed by atoms with Crippen LogP contribution in [0.1, 0.15) is 32.3 Å². The van der Waals surface area contributed by atoms with Gasteiger partial charge < -0.3 is 14.6 Å². The number of Topliss-reactive ketones (excluding diaryl/α,β-unsaturated/α-hetero) is 1. The molecule has 1 N–H and O–H groups in total. The van der Waals surface area contributed by atoms with Crippen LogP contribution in [0.3, 0.4) is 0 Å².